The predicted molar refractivity (Wildman–Crippen MR) is 153 cm³/mol. The van der Waals surface area contributed by atoms with Gasteiger partial charge in [-0.15, -0.1) is 0 Å². The van der Waals surface area contributed by atoms with Crippen molar-refractivity contribution in [2.24, 2.45) is 0 Å². The topological polar surface area (TPSA) is 66.2 Å². The van der Waals surface area contributed by atoms with Crippen LogP contribution in [0.1, 0.15) is 22.5 Å². The highest BCUT2D eigenvalue weighted by Gasteiger charge is 2.13. The third-order valence-corrected chi connectivity index (χ3v) is 8.31. The Morgan fingerprint density at radius 2 is 1.67 bits per heavy atom. The lowest BCUT2D eigenvalue weighted by molar-refractivity contribution is -0.0497. The average Bonchev–Trinajstić information content (AvgIpc) is 2.88. The Labute approximate surface area is 232 Å². The summed E-state index contributed by atoms with van der Waals surface area (Å²) in [7, 11) is -1.19. The van der Waals surface area contributed by atoms with Crippen molar-refractivity contribution in [1.29, 1.82) is 0 Å². The van der Waals surface area contributed by atoms with E-state index in [1.807, 2.05) is 18.2 Å². The van der Waals surface area contributed by atoms with Crippen LogP contribution in [0, 0.1) is 0 Å². The fourth-order valence-electron chi connectivity index (χ4n) is 4.09. The number of benzene rings is 2. The highest BCUT2D eigenvalue weighted by Crippen LogP contribution is 2.27. The number of pyridine rings is 1. The Morgan fingerprint density at radius 3 is 2.36 bits per heavy atom. The van der Waals surface area contributed by atoms with Gasteiger partial charge in [-0.05, 0) is 71.3 Å². The van der Waals surface area contributed by atoms with Gasteiger partial charge < -0.3 is 9.47 Å². The van der Waals surface area contributed by atoms with E-state index < -0.39 is 14.7 Å². The maximum Gasteiger partial charge on any atom is 0.387 e. The summed E-state index contributed by atoms with van der Waals surface area (Å²) in [5.74, 6) is 0.544. The van der Waals surface area contributed by atoms with Crippen molar-refractivity contribution in [3.63, 3.8) is 0 Å². The van der Waals surface area contributed by atoms with Gasteiger partial charge in [-0.25, -0.2) is 9.97 Å². The molecule has 4 rings (SSSR count). The molecule has 0 atom stereocenters. The Kier molecular flexibility index (Phi) is 9.47. The summed E-state index contributed by atoms with van der Waals surface area (Å²) in [5, 5.41) is 1.11. The molecule has 6 nitrogen and oxygen atoms in total. The van der Waals surface area contributed by atoms with Crippen molar-refractivity contribution in [1.82, 2.24) is 14.5 Å². The largest absolute Gasteiger partial charge is 0.433 e. The number of hydrogen-bond acceptors (Lipinski definition) is 5. The molecule has 2 aromatic heterocycles. The maximum atomic E-state index is 12.5. The fourth-order valence-corrected chi connectivity index (χ4v) is 5.10. The molecule has 39 heavy (non-hydrogen) atoms. The first-order valence-corrected chi connectivity index (χ1v) is 16.9. The third-order valence-electron chi connectivity index (χ3n) is 6.31. The summed E-state index contributed by atoms with van der Waals surface area (Å²) in [6.45, 7) is 4.90. The summed E-state index contributed by atoms with van der Waals surface area (Å²) in [5.41, 5.74) is 3.74. The van der Waals surface area contributed by atoms with Crippen LogP contribution in [-0.2, 0) is 30.7 Å². The Hall–Kier alpha value is -3.14. The van der Waals surface area contributed by atoms with E-state index in [0.717, 1.165) is 46.5 Å². The minimum absolute atomic E-state index is 0.0607. The molecule has 0 fully saturated rings. The van der Waals surface area contributed by atoms with Gasteiger partial charge in [-0.2, -0.15) is 8.78 Å². The number of hydrogen-bond donors (Lipinski definition) is 0. The minimum atomic E-state index is -2.93. The highest BCUT2D eigenvalue weighted by atomic mass is 35.5. The van der Waals surface area contributed by atoms with Crippen LogP contribution in [0.25, 0.3) is 10.9 Å². The molecule has 4 aromatic rings. The molecule has 0 spiro atoms. The molecule has 0 unspecified atom stereocenters. The van der Waals surface area contributed by atoms with E-state index in [0.29, 0.717) is 18.9 Å². The third kappa shape index (κ3) is 8.42. The number of aromatic nitrogens is 3. The van der Waals surface area contributed by atoms with E-state index in [1.165, 1.54) is 6.07 Å². The van der Waals surface area contributed by atoms with Gasteiger partial charge in [-0.1, -0.05) is 43.4 Å². The van der Waals surface area contributed by atoms with Crippen LogP contribution in [0.3, 0.4) is 0 Å². The lowest BCUT2D eigenvalue weighted by Crippen LogP contribution is -2.24. The smallest absolute Gasteiger partial charge is 0.387 e. The molecular weight excluding hydrogens is 540 g/mol. The molecule has 206 valence electrons. The summed E-state index contributed by atoms with van der Waals surface area (Å²) in [4.78, 5) is 21.4. The Bertz CT molecular complexity index is 1470. The Morgan fingerprint density at radius 1 is 0.949 bits per heavy atom. The number of aryl methyl sites for hydroxylation is 2. The van der Waals surface area contributed by atoms with E-state index in [4.69, 9.17) is 16.3 Å². The summed E-state index contributed by atoms with van der Waals surface area (Å²) in [6.07, 6.45) is 5.58. The van der Waals surface area contributed by atoms with Crippen LogP contribution in [-0.4, -0.2) is 35.8 Å². The van der Waals surface area contributed by atoms with Crippen LogP contribution in [0.4, 0.5) is 8.78 Å². The van der Waals surface area contributed by atoms with Gasteiger partial charge in [0.05, 0.1) is 10.5 Å². The van der Waals surface area contributed by atoms with Crippen molar-refractivity contribution >= 4 is 30.6 Å². The molecule has 0 radical (unpaired) electrons. The van der Waals surface area contributed by atoms with Gasteiger partial charge >= 0.3 is 6.61 Å². The summed E-state index contributed by atoms with van der Waals surface area (Å²) >= 11 is 6.04. The number of halogens is 3. The first-order chi connectivity index (χ1) is 18.6. The van der Waals surface area contributed by atoms with Crippen LogP contribution in [0.15, 0.2) is 65.7 Å². The predicted octanol–water partition coefficient (Wildman–Crippen LogP) is 6.73. The van der Waals surface area contributed by atoms with Crippen LogP contribution in [0.5, 0.6) is 5.75 Å². The second kappa shape index (κ2) is 12.8. The van der Waals surface area contributed by atoms with Crippen LogP contribution >= 0.6 is 11.6 Å². The molecule has 0 aliphatic rings. The quantitative estimate of drug-likeness (QED) is 0.139. The summed E-state index contributed by atoms with van der Waals surface area (Å²) < 4.78 is 36.7. The molecule has 2 heterocycles. The lowest BCUT2D eigenvalue weighted by atomic mass is 10.0. The van der Waals surface area contributed by atoms with Gasteiger partial charge in [0.15, 0.2) is 0 Å². The zero-order valence-electron chi connectivity index (χ0n) is 22.3. The van der Waals surface area contributed by atoms with E-state index in [9.17, 15) is 13.6 Å². The molecule has 0 aliphatic heterocycles. The molecule has 0 amide bonds. The van der Waals surface area contributed by atoms with Crippen molar-refractivity contribution in [2.75, 3.05) is 6.61 Å². The van der Waals surface area contributed by atoms with Crippen molar-refractivity contribution in [3.05, 3.63) is 98.8 Å². The van der Waals surface area contributed by atoms with Crippen molar-refractivity contribution < 1.29 is 18.3 Å². The number of rotatable bonds is 12. The van der Waals surface area contributed by atoms with E-state index in [-0.39, 0.29) is 23.1 Å². The monoisotopic (exact) mass is 571 g/mol. The maximum absolute atomic E-state index is 12.5. The second-order valence-corrected chi connectivity index (χ2v) is 16.7. The van der Waals surface area contributed by atoms with E-state index in [1.54, 1.807) is 35.2 Å². The first-order valence-electron chi connectivity index (χ1n) is 12.8. The molecule has 0 bridgehead atoms. The molecule has 0 saturated heterocycles. The van der Waals surface area contributed by atoms with Gasteiger partial charge in [0.1, 0.15) is 18.3 Å². The molecule has 0 aliphatic carbocycles. The van der Waals surface area contributed by atoms with Crippen LogP contribution < -0.4 is 10.3 Å². The number of fused-ring (bicyclic) bond motifs is 1. The van der Waals surface area contributed by atoms with E-state index >= 15 is 0 Å². The number of ether oxygens (including phenoxy) is 2. The van der Waals surface area contributed by atoms with Crippen LogP contribution in [0.2, 0.25) is 30.7 Å². The van der Waals surface area contributed by atoms with Gasteiger partial charge in [0.25, 0.3) is 5.56 Å². The lowest BCUT2D eigenvalue weighted by Gasteiger charge is -2.16. The van der Waals surface area contributed by atoms with Crippen molar-refractivity contribution in [3.8, 4) is 5.75 Å². The molecule has 0 saturated carbocycles. The highest BCUT2D eigenvalue weighted by molar-refractivity contribution is 6.76. The number of nitrogens with zero attached hydrogens (tertiary/aromatic N) is 3. The molecule has 2 aromatic carbocycles. The molecular formula is C29H32ClF2N3O3Si. The molecule has 0 N–H and O–H groups in total. The SMILES string of the molecule is C[Si](C)(C)CCOCn1c(=O)ccc2cc(CCc3cnc(Cc4ccc(OC(F)F)c(Cl)c4)nc3)ccc21. The second-order valence-electron chi connectivity index (χ2n) is 10.7. The molecule has 10 heteroatoms. The summed E-state index contributed by atoms with van der Waals surface area (Å²) in [6, 6.07) is 15.3. The fraction of sp³-hybridized carbons (Fsp3) is 0.345. The van der Waals surface area contributed by atoms with Gasteiger partial charge in [-0.3, -0.25) is 9.36 Å². The normalized spacial score (nSPS) is 11.9. The van der Waals surface area contributed by atoms with Gasteiger partial charge in [0.2, 0.25) is 0 Å². The van der Waals surface area contributed by atoms with Crippen molar-refractivity contribution in [2.45, 2.75) is 58.3 Å². The standard InChI is InChI=1S/C29H32ClF2N3O3Si/c1-39(2,3)13-12-37-19-35-25-9-6-20(14-23(25)8-11-28(35)36)4-5-22-17-33-27(34-18-22)16-21-7-10-26(24(30)15-21)38-29(31)32/h6-11,14-15,17-18,29H,4-5,12-13,16,19H2,1-3H3. The van der Waals surface area contributed by atoms with E-state index in [2.05, 4.69) is 40.4 Å². The average molecular weight is 572 g/mol. The number of alkyl halides is 2. The zero-order chi connectivity index (χ0) is 28.0. The van der Waals surface area contributed by atoms with Gasteiger partial charge in [0, 0.05) is 39.6 Å². The minimum Gasteiger partial charge on any atom is -0.433 e. The first kappa shape index (κ1) is 28.9. The Balaban J connectivity index is 1.35. The zero-order valence-corrected chi connectivity index (χ0v) is 24.0.